The molecule has 0 saturated heterocycles. The molecule has 0 saturated carbocycles. The second kappa shape index (κ2) is 7.33. The summed E-state index contributed by atoms with van der Waals surface area (Å²) in [5.41, 5.74) is 2.72. The van der Waals surface area contributed by atoms with E-state index >= 15 is 0 Å². The van der Waals surface area contributed by atoms with Crippen molar-refractivity contribution in [2.75, 3.05) is 25.0 Å². The summed E-state index contributed by atoms with van der Waals surface area (Å²) in [5, 5.41) is 3.34. The van der Waals surface area contributed by atoms with Gasteiger partial charge in [-0.05, 0) is 44.5 Å². The molecule has 2 nitrogen and oxygen atoms in total. The van der Waals surface area contributed by atoms with Crippen molar-refractivity contribution in [1.29, 1.82) is 0 Å². The highest BCUT2D eigenvalue weighted by Gasteiger charge is 2.07. The molecule has 0 aliphatic rings. The topological polar surface area (TPSA) is 15.3 Å². The first-order valence-electron chi connectivity index (χ1n) is 6.78. The van der Waals surface area contributed by atoms with Crippen molar-refractivity contribution in [3.63, 3.8) is 0 Å². The van der Waals surface area contributed by atoms with Gasteiger partial charge in [0.05, 0.1) is 0 Å². The first-order valence-corrected chi connectivity index (χ1v) is 6.78. The van der Waals surface area contributed by atoms with Crippen LogP contribution in [0.1, 0.15) is 45.2 Å². The fourth-order valence-corrected chi connectivity index (χ4v) is 2.26. The lowest BCUT2D eigenvalue weighted by atomic mass is 10.0. The van der Waals surface area contributed by atoms with Crippen molar-refractivity contribution in [3.05, 3.63) is 29.8 Å². The third kappa shape index (κ3) is 3.74. The summed E-state index contributed by atoms with van der Waals surface area (Å²) in [4.78, 5) is 2.42. The van der Waals surface area contributed by atoms with Gasteiger partial charge in [0, 0.05) is 24.8 Å². The lowest BCUT2D eigenvalue weighted by Gasteiger charge is -2.23. The van der Waals surface area contributed by atoms with Crippen LogP contribution < -0.4 is 10.2 Å². The maximum Gasteiger partial charge on any atom is 0.0366 e. The summed E-state index contributed by atoms with van der Waals surface area (Å²) >= 11 is 0. The number of rotatable bonds is 7. The fourth-order valence-electron chi connectivity index (χ4n) is 2.26. The lowest BCUT2D eigenvalue weighted by Crippen LogP contribution is -2.23. The molecule has 0 aliphatic heterocycles. The van der Waals surface area contributed by atoms with Gasteiger partial charge in [0.2, 0.25) is 0 Å². The SMILES string of the molecule is CCCN(CC)c1ccc(C(CC)NC)cc1. The fraction of sp³-hybridized carbons (Fsp3) is 0.600. The number of hydrogen-bond donors (Lipinski definition) is 1. The van der Waals surface area contributed by atoms with E-state index in [0.29, 0.717) is 6.04 Å². The molecule has 1 atom stereocenters. The van der Waals surface area contributed by atoms with Gasteiger partial charge in [0.25, 0.3) is 0 Å². The van der Waals surface area contributed by atoms with Crippen LogP contribution in [-0.2, 0) is 0 Å². The molecule has 0 bridgehead atoms. The molecule has 96 valence electrons. The Morgan fingerprint density at radius 3 is 2.18 bits per heavy atom. The molecule has 1 N–H and O–H groups in total. The van der Waals surface area contributed by atoms with Gasteiger partial charge < -0.3 is 10.2 Å². The predicted octanol–water partition coefficient (Wildman–Crippen LogP) is 3.59. The highest BCUT2D eigenvalue weighted by Crippen LogP contribution is 2.21. The van der Waals surface area contributed by atoms with Crippen LogP contribution in [-0.4, -0.2) is 20.1 Å². The molecule has 0 amide bonds. The first-order chi connectivity index (χ1) is 8.26. The highest BCUT2D eigenvalue weighted by atomic mass is 15.1. The minimum atomic E-state index is 0.477. The van der Waals surface area contributed by atoms with Crippen molar-refractivity contribution in [1.82, 2.24) is 5.32 Å². The zero-order valence-corrected chi connectivity index (χ0v) is 11.7. The molecular weight excluding hydrogens is 208 g/mol. The van der Waals surface area contributed by atoms with Crippen molar-refractivity contribution >= 4 is 5.69 Å². The van der Waals surface area contributed by atoms with E-state index in [0.717, 1.165) is 19.5 Å². The van der Waals surface area contributed by atoms with Crippen LogP contribution in [0.25, 0.3) is 0 Å². The summed E-state index contributed by atoms with van der Waals surface area (Å²) in [5.74, 6) is 0. The monoisotopic (exact) mass is 234 g/mol. The van der Waals surface area contributed by atoms with Crippen LogP contribution in [0.15, 0.2) is 24.3 Å². The minimum Gasteiger partial charge on any atom is -0.372 e. The normalized spacial score (nSPS) is 12.5. The summed E-state index contributed by atoms with van der Waals surface area (Å²) in [6.45, 7) is 8.87. The molecule has 2 heteroatoms. The zero-order chi connectivity index (χ0) is 12.7. The van der Waals surface area contributed by atoms with E-state index in [1.165, 1.54) is 17.7 Å². The van der Waals surface area contributed by atoms with Gasteiger partial charge in [-0.15, -0.1) is 0 Å². The summed E-state index contributed by atoms with van der Waals surface area (Å²) < 4.78 is 0. The third-order valence-corrected chi connectivity index (χ3v) is 3.29. The average Bonchev–Trinajstić information content (AvgIpc) is 2.38. The minimum absolute atomic E-state index is 0.477. The summed E-state index contributed by atoms with van der Waals surface area (Å²) in [6.07, 6.45) is 2.33. The Morgan fingerprint density at radius 2 is 1.76 bits per heavy atom. The molecule has 0 fully saturated rings. The Hall–Kier alpha value is -1.02. The zero-order valence-electron chi connectivity index (χ0n) is 11.7. The van der Waals surface area contributed by atoms with Crippen LogP contribution in [0.2, 0.25) is 0 Å². The van der Waals surface area contributed by atoms with Crippen LogP contribution >= 0.6 is 0 Å². The number of benzene rings is 1. The van der Waals surface area contributed by atoms with Crippen molar-refractivity contribution in [2.45, 2.75) is 39.7 Å². The number of nitrogens with one attached hydrogen (secondary N) is 1. The molecular formula is C15H26N2. The summed E-state index contributed by atoms with van der Waals surface area (Å²) in [6, 6.07) is 9.46. The molecule has 0 aliphatic carbocycles. The Morgan fingerprint density at radius 1 is 1.12 bits per heavy atom. The van der Waals surface area contributed by atoms with Crippen LogP contribution in [0.3, 0.4) is 0 Å². The number of nitrogens with zero attached hydrogens (tertiary/aromatic N) is 1. The van der Waals surface area contributed by atoms with E-state index in [9.17, 15) is 0 Å². The molecule has 1 unspecified atom stereocenters. The molecule has 0 aromatic heterocycles. The molecule has 0 heterocycles. The Bertz CT molecular complexity index is 301. The van der Waals surface area contributed by atoms with Crippen molar-refractivity contribution in [3.8, 4) is 0 Å². The molecule has 0 radical (unpaired) electrons. The van der Waals surface area contributed by atoms with Crippen LogP contribution in [0, 0.1) is 0 Å². The first kappa shape index (κ1) is 14.0. The van der Waals surface area contributed by atoms with E-state index in [1.54, 1.807) is 0 Å². The van der Waals surface area contributed by atoms with Gasteiger partial charge in [0.15, 0.2) is 0 Å². The van der Waals surface area contributed by atoms with Crippen LogP contribution in [0.5, 0.6) is 0 Å². The van der Waals surface area contributed by atoms with Gasteiger partial charge in [-0.25, -0.2) is 0 Å². The van der Waals surface area contributed by atoms with Crippen LogP contribution in [0.4, 0.5) is 5.69 Å². The van der Waals surface area contributed by atoms with Gasteiger partial charge in [0.1, 0.15) is 0 Å². The Kier molecular flexibility index (Phi) is 6.06. The Balaban J connectivity index is 2.78. The predicted molar refractivity (Wildman–Crippen MR) is 76.7 cm³/mol. The van der Waals surface area contributed by atoms with E-state index in [4.69, 9.17) is 0 Å². The lowest BCUT2D eigenvalue weighted by molar-refractivity contribution is 0.577. The van der Waals surface area contributed by atoms with Gasteiger partial charge in [-0.3, -0.25) is 0 Å². The maximum atomic E-state index is 3.34. The van der Waals surface area contributed by atoms with Gasteiger partial charge in [-0.2, -0.15) is 0 Å². The quantitative estimate of drug-likeness (QED) is 0.775. The average molecular weight is 234 g/mol. The molecule has 1 aromatic carbocycles. The van der Waals surface area contributed by atoms with E-state index in [2.05, 4.69) is 55.3 Å². The van der Waals surface area contributed by atoms with Gasteiger partial charge >= 0.3 is 0 Å². The highest BCUT2D eigenvalue weighted by molar-refractivity contribution is 5.47. The van der Waals surface area contributed by atoms with Gasteiger partial charge in [-0.1, -0.05) is 26.0 Å². The largest absolute Gasteiger partial charge is 0.372 e. The second-order valence-electron chi connectivity index (χ2n) is 4.42. The maximum absolute atomic E-state index is 3.34. The smallest absolute Gasteiger partial charge is 0.0366 e. The Labute approximate surface area is 106 Å². The molecule has 1 aromatic rings. The molecule has 0 spiro atoms. The summed E-state index contributed by atoms with van der Waals surface area (Å²) in [7, 11) is 2.03. The third-order valence-electron chi connectivity index (χ3n) is 3.29. The standard InChI is InChI=1S/C15H26N2/c1-5-12-17(7-3)14-10-8-13(9-11-14)15(6-2)16-4/h8-11,15-16H,5-7,12H2,1-4H3. The number of anilines is 1. The molecule has 17 heavy (non-hydrogen) atoms. The number of hydrogen-bond acceptors (Lipinski definition) is 2. The van der Waals surface area contributed by atoms with E-state index in [1.807, 2.05) is 7.05 Å². The molecule has 1 rings (SSSR count). The van der Waals surface area contributed by atoms with Crippen molar-refractivity contribution in [2.24, 2.45) is 0 Å². The second-order valence-corrected chi connectivity index (χ2v) is 4.42. The van der Waals surface area contributed by atoms with E-state index < -0.39 is 0 Å². The van der Waals surface area contributed by atoms with E-state index in [-0.39, 0.29) is 0 Å². The van der Waals surface area contributed by atoms with Crippen molar-refractivity contribution < 1.29 is 0 Å².